The third-order valence-electron chi connectivity index (χ3n) is 2.29. The van der Waals surface area contributed by atoms with Crippen molar-refractivity contribution in [2.45, 2.75) is 33.3 Å². The summed E-state index contributed by atoms with van der Waals surface area (Å²) in [6, 6.07) is 5.37. The predicted molar refractivity (Wildman–Crippen MR) is 67.3 cm³/mol. The van der Waals surface area contributed by atoms with Gasteiger partial charge in [-0.15, -0.1) is 0 Å². The molecule has 1 aromatic rings. The van der Waals surface area contributed by atoms with Crippen LogP contribution in [0.3, 0.4) is 0 Å². The number of benzene rings is 1. The normalized spacial score (nSPS) is 11.1. The van der Waals surface area contributed by atoms with Crippen LogP contribution in [0.2, 0.25) is 0 Å². The van der Waals surface area contributed by atoms with Crippen molar-refractivity contribution < 1.29 is 14.6 Å². The summed E-state index contributed by atoms with van der Waals surface area (Å²) in [6.45, 7) is 7.33. The maximum Gasteiger partial charge on any atom is 0.255 e. The topological polar surface area (TPSA) is 58.6 Å². The van der Waals surface area contributed by atoms with Crippen LogP contribution in [-0.2, 0) is 4.79 Å². The van der Waals surface area contributed by atoms with Gasteiger partial charge in [0.15, 0.2) is 0 Å². The largest absolute Gasteiger partial charge is 0.494 e. The molecule has 0 bridgehead atoms. The Bertz CT molecular complexity index is 408. The number of nitrogens with one attached hydrogen (secondary N) is 1. The van der Waals surface area contributed by atoms with Crippen molar-refractivity contribution in [3.63, 3.8) is 0 Å². The van der Waals surface area contributed by atoms with E-state index in [-0.39, 0.29) is 0 Å². The minimum Gasteiger partial charge on any atom is -0.494 e. The molecule has 0 atom stereocenters. The maximum atomic E-state index is 11.6. The summed E-state index contributed by atoms with van der Waals surface area (Å²) in [7, 11) is 0. The van der Waals surface area contributed by atoms with Crippen LogP contribution in [0.25, 0.3) is 0 Å². The predicted octanol–water partition coefficient (Wildman–Crippen LogP) is 2.10. The van der Waals surface area contributed by atoms with Gasteiger partial charge in [0.1, 0.15) is 11.4 Å². The van der Waals surface area contributed by atoms with Gasteiger partial charge in [-0.1, -0.05) is 0 Å². The monoisotopic (exact) mass is 237 g/mol. The van der Waals surface area contributed by atoms with Gasteiger partial charge < -0.3 is 15.2 Å². The molecule has 2 N–H and O–H groups in total. The first-order chi connectivity index (χ1) is 7.84. The number of carbonyl (C=O) groups is 1. The van der Waals surface area contributed by atoms with Gasteiger partial charge in [-0.25, -0.2) is 0 Å². The molecule has 4 nitrogen and oxygen atoms in total. The SMILES string of the molecule is CCOc1ccc(NC(=O)C(C)(C)O)cc1C. The van der Waals surface area contributed by atoms with Crippen molar-refractivity contribution in [1.29, 1.82) is 0 Å². The quantitative estimate of drug-likeness (QED) is 0.843. The summed E-state index contributed by atoms with van der Waals surface area (Å²) >= 11 is 0. The number of aliphatic hydroxyl groups is 1. The summed E-state index contributed by atoms with van der Waals surface area (Å²) in [5.41, 5.74) is 0.213. The van der Waals surface area contributed by atoms with Gasteiger partial charge in [-0.05, 0) is 51.5 Å². The molecule has 17 heavy (non-hydrogen) atoms. The van der Waals surface area contributed by atoms with Gasteiger partial charge in [-0.3, -0.25) is 4.79 Å². The number of rotatable bonds is 4. The number of aryl methyl sites for hydroxylation is 1. The van der Waals surface area contributed by atoms with E-state index in [4.69, 9.17) is 4.74 Å². The fourth-order valence-electron chi connectivity index (χ4n) is 1.33. The maximum absolute atomic E-state index is 11.6. The standard InChI is InChI=1S/C13H19NO3/c1-5-17-11-7-6-10(8-9(11)2)14-12(15)13(3,4)16/h6-8,16H,5H2,1-4H3,(H,14,15). The van der Waals surface area contributed by atoms with E-state index in [1.54, 1.807) is 12.1 Å². The molecular formula is C13H19NO3. The summed E-state index contributed by atoms with van der Waals surface area (Å²) < 4.78 is 5.40. The average Bonchev–Trinajstić information content (AvgIpc) is 2.21. The minimum absolute atomic E-state index is 0.430. The Morgan fingerprint density at radius 2 is 2.12 bits per heavy atom. The van der Waals surface area contributed by atoms with Crippen molar-refractivity contribution >= 4 is 11.6 Å². The van der Waals surface area contributed by atoms with E-state index >= 15 is 0 Å². The van der Waals surface area contributed by atoms with Gasteiger partial charge in [0.2, 0.25) is 0 Å². The average molecular weight is 237 g/mol. The molecule has 0 aliphatic carbocycles. The Morgan fingerprint density at radius 1 is 1.47 bits per heavy atom. The molecule has 1 rings (SSSR count). The summed E-state index contributed by atoms with van der Waals surface area (Å²) in [6.07, 6.45) is 0. The van der Waals surface area contributed by atoms with Crippen LogP contribution in [0.1, 0.15) is 26.3 Å². The minimum atomic E-state index is -1.38. The number of amides is 1. The fourth-order valence-corrected chi connectivity index (χ4v) is 1.33. The van der Waals surface area contributed by atoms with E-state index in [2.05, 4.69) is 5.32 Å². The summed E-state index contributed by atoms with van der Waals surface area (Å²) in [5, 5.41) is 12.2. The molecular weight excluding hydrogens is 218 g/mol. The van der Waals surface area contributed by atoms with E-state index in [1.807, 2.05) is 19.9 Å². The number of carbonyl (C=O) groups excluding carboxylic acids is 1. The lowest BCUT2D eigenvalue weighted by Crippen LogP contribution is -2.36. The molecule has 1 amide bonds. The Morgan fingerprint density at radius 3 is 2.59 bits per heavy atom. The van der Waals surface area contributed by atoms with E-state index in [0.717, 1.165) is 11.3 Å². The molecule has 0 aliphatic rings. The first-order valence-corrected chi connectivity index (χ1v) is 5.62. The second-order valence-corrected chi connectivity index (χ2v) is 4.43. The highest BCUT2D eigenvalue weighted by Crippen LogP contribution is 2.22. The van der Waals surface area contributed by atoms with Crippen LogP contribution >= 0.6 is 0 Å². The lowest BCUT2D eigenvalue weighted by atomic mass is 10.1. The van der Waals surface area contributed by atoms with Crippen LogP contribution in [0.5, 0.6) is 5.75 Å². The zero-order valence-electron chi connectivity index (χ0n) is 10.7. The van der Waals surface area contributed by atoms with Crippen LogP contribution in [0.15, 0.2) is 18.2 Å². The molecule has 94 valence electrons. The highest BCUT2D eigenvalue weighted by Gasteiger charge is 2.23. The Balaban J connectivity index is 2.81. The number of hydrogen-bond acceptors (Lipinski definition) is 3. The van der Waals surface area contributed by atoms with Crippen molar-refractivity contribution in [2.75, 3.05) is 11.9 Å². The smallest absolute Gasteiger partial charge is 0.255 e. The Hall–Kier alpha value is -1.55. The number of anilines is 1. The van der Waals surface area contributed by atoms with E-state index in [0.29, 0.717) is 12.3 Å². The van der Waals surface area contributed by atoms with E-state index in [9.17, 15) is 9.90 Å². The molecule has 0 aromatic heterocycles. The number of hydrogen-bond donors (Lipinski definition) is 2. The molecule has 1 aromatic carbocycles. The first kappa shape index (κ1) is 13.5. The van der Waals surface area contributed by atoms with E-state index in [1.165, 1.54) is 13.8 Å². The zero-order valence-corrected chi connectivity index (χ0v) is 10.7. The second kappa shape index (κ2) is 5.19. The van der Waals surface area contributed by atoms with Crippen LogP contribution in [-0.4, -0.2) is 23.2 Å². The molecule has 0 saturated heterocycles. The third-order valence-corrected chi connectivity index (χ3v) is 2.29. The highest BCUT2D eigenvalue weighted by atomic mass is 16.5. The van der Waals surface area contributed by atoms with Crippen LogP contribution in [0.4, 0.5) is 5.69 Å². The van der Waals surface area contributed by atoms with E-state index < -0.39 is 11.5 Å². The Labute approximate surface area is 102 Å². The molecule has 4 heteroatoms. The van der Waals surface area contributed by atoms with Gasteiger partial charge in [0.25, 0.3) is 5.91 Å². The Kier molecular flexibility index (Phi) is 4.12. The van der Waals surface area contributed by atoms with Crippen molar-refractivity contribution in [3.8, 4) is 5.75 Å². The first-order valence-electron chi connectivity index (χ1n) is 5.62. The molecule has 0 unspecified atom stereocenters. The van der Waals surface area contributed by atoms with Crippen LogP contribution in [0, 0.1) is 6.92 Å². The fraction of sp³-hybridized carbons (Fsp3) is 0.462. The molecule has 0 aliphatic heterocycles. The van der Waals surface area contributed by atoms with Crippen LogP contribution < -0.4 is 10.1 Å². The molecule has 0 saturated carbocycles. The van der Waals surface area contributed by atoms with Gasteiger partial charge in [0, 0.05) is 5.69 Å². The van der Waals surface area contributed by atoms with Crippen molar-refractivity contribution in [1.82, 2.24) is 0 Å². The second-order valence-electron chi connectivity index (χ2n) is 4.43. The summed E-state index contributed by atoms with van der Waals surface area (Å²) in [5.74, 6) is 0.370. The number of ether oxygens (including phenoxy) is 1. The van der Waals surface area contributed by atoms with Crippen molar-refractivity contribution in [3.05, 3.63) is 23.8 Å². The van der Waals surface area contributed by atoms with Gasteiger partial charge in [0.05, 0.1) is 6.61 Å². The van der Waals surface area contributed by atoms with Gasteiger partial charge >= 0.3 is 0 Å². The summed E-state index contributed by atoms with van der Waals surface area (Å²) in [4.78, 5) is 11.6. The molecule has 0 spiro atoms. The van der Waals surface area contributed by atoms with Gasteiger partial charge in [-0.2, -0.15) is 0 Å². The lowest BCUT2D eigenvalue weighted by molar-refractivity contribution is -0.130. The van der Waals surface area contributed by atoms with Crippen molar-refractivity contribution in [2.24, 2.45) is 0 Å². The molecule has 0 heterocycles. The third kappa shape index (κ3) is 3.75. The lowest BCUT2D eigenvalue weighted by Gasteiger charge is -2.17. The zero-order chi connectivity index (χ0) is 13.1. The molecule has 0 fully saturated rings. The highest BCUT2D eigenvalue weighted by molar-refractivity contribution is 5.96. The molecule has 0 radical (unpaired) electrons.